The van der Waals surface area contributed by atoms with Crippen LogP contribution in [0.3, 0.4) is 0 Å². The van der Waals surface area contributed by atoms with Crippen LogP contribution in [0.1, 0.15) is 44.9 Å². The third-order valence-electron chi connectivity index (χ3n) is 3.66. The van der Waals surface area contributed by atoms with Crippen molar-refractivity contribution in [2.45, 2.75) is 51.4 Å². The van der Waals surface area contributed by atoms with Crippen LogP contribution in [-0.2, 0) is 4.74 Å². The molecule has 0 aromatic carbocycles. The van der Waals surface area contributed by atoms with E-state index in [9.17, 15) is 0 Å². The van der Waals surface area contributed by atoms with Crippen molar-refractivity contribution < 1.29 is 9.84 Å². The molecule has 0 amide bonds. The topological polar surface area (TPSA) is 55.5 Å². The fourth-order valence-electron chi connectivity index (χ4n) is 2.75. The van der Waals surface area contributed by atoms with Crippen LogP contribution in [0.4, 0.5) is 0 Å². The first-order chi connectivity index (χ1) is 8.75. The van der Waals surface area contributed by atoms with E-state index >= 15 is 0 Å². The number of allylic oxidation sites excluding steroid dienone is 6. The summed E-state index contributed by atoms with van der Waals surface area (Å²) in [6.45, 7) is 0. The van der Waals surface area contributed by atoms with Gasteiger partial charge in [-0.25, -0.2) is 0 Å². The van der Waals surface area contributed by atoms with Gasteiger partial charge < -0.3 is 9.84 Å². The van der Waals surface area contributed by atoms with Gasteiger partial charge in [0.15, 0.2) is 0 Å². The standard InChI is InChI=1S/C15H23NO2/c16-15(17)18-14-10-6-2-5-9-13(11-14)12-7-3-1-4-8-12/h2,5,9,11-12,15,17H,1,3-4,6-8,10,16H2. The number of rotatable bonds is 3. The second-order valence-electron chi connectivity index (χ2n) is 5.09. The molecule has 0 aromatic rings. The van der Waals surface area contributed by atoms with Crippen LogP contribution in [0.15, 0.2) is 35.6 Å². The fourth-order valence-corrected chi connectivity index (χ4v) is 2.75. The second-order valence-corrected chi connectivity index (χ2v) is 5.09. The molecule has 0 bridgehead atoms. The maximum absolute atomic E-state index is 9.14. The molecule has 0 saturated heterocycles. The Hall–Kier alpha value is -1.06. The zero-order valence-electron chi connectivity index (χ0n) is 10.8. The molecule has 0 aromatic heterocycles. The van der Waals surface area contributed by atoms with Gasteiger partial charge in [0.25, 0.3) is 6.41 Å². The fraction of sp³-hybridized carbons (Fsp3) is 0.600. The first kappa shape index (κ1) is 13.4. The highest BCUT2D eigenvalue weighted by molar-refractivity contribution is 5.30. The van der Waals surface area contributed by atoms with E-state index in [4.69, 9.17) is 15.6 Å². The van der Waals surface area contributed by atoms with E-state index in [2.05, 4.69) is 24.3 Å². The minimum atomic E-state index is -1.22. The summed E-state index contributed by atoms with van der Waals surface area (Å²) in [4.78, 5) is 0. The molecule has 2 aliphatic carbocycles. The molecule has 3 N–H and O–H groups in total. The molecule has 3 heteroatoms. The van der Waals surface area contributed by atoms with Gasteiger partial charge >= 0.3 is 0 Å². The molecule has 1 saturated carbocycles. The van der Waals surface area contributed by atoms with Gasteiger partial charge in [-0.05, 0) is 36.8 Å². The minimum absolute atomic E-state index is 0.634. The summed E-state index contributed by atoms with van der Waals surface area (Å²) in [5, 5.41) is 9.14. The zero-order chi connectivity index (χ0) is 12.8. The highest BCUT2D eigenvalue weighted by Crippen LogP contribution is 2.32. The predicted molar refractivity (Wildman–Crippen MR) is 72.4 cm³/mol. The Morgan fingerprint density at radius 1 is 1.28 bits per heavy atom. The molecule has 2 aliphatic rings. The van der Waals surface area contributed by atoms with Crippen LogP contribution in [0.5, 0.6) is 0 Å². The van der Waals surface area contributed by atoms with Crippen LogP contribution < -0.4 is 5.73 Å². The van der Waals surface area contributed by atoms with E-state index < -0.39 is 6.41 Å². The minimum Gasteiger partial charge on any atom is -0.456 e. The molecule has 0 heterocycles. The molecule has 1 fully saturated rings. The Kier molecular flexibility index (Phi) is 5.02. The van der Waals surface area contributed by atoms with Gasteiger partial charge in [-0.3, -0.25) is 5.73 Å². The van der Waals surface area contributed by atoms with Crippen LogP contribution in [-0.4, -0.2) is 11.5 Å². The quantitative estimate of drug-likeness (QED) is 0.756. The summed E-state index contributed by atoms with van der Waals surface area (Å²) in [6, 6.07) is 0. The van der Waals surface area contributed by atoms with Crippen molar-refractivity contribution in [2.24, 2.45) is 11.7 Å². The monoisotopic (exact) mass is 249 g/mol. The number of nitrogens with two attached hydrogens (primary N) is 1. The zero-order valence-corrected chi connectivity index (χ0v) is 10.8. The Balaban J connectivity index is 2.12. The molecule has 18 heavy (non-hydrogen) atoms. The molecule has 2 rings (SSSR count). The third-order valence-corrected chi connectivity index (χ3v) is 3.66. The van der Waals surface area contributed by atoms with Crippen molar-refractivity contribution in [2.75, 3.05) is 0 Å². The average Bonchev–Trinajstić information content (AvgIpc) is 2.33. The number of aliphatic hydroxyl groups is 1. The largest absolute Gasteiger partial charge is 0.456 e. The number of ether oxygens (including phenoxy) is 1. The molecule has 0 aliphatic heterocycles. The molecule has 1 atom stereocenters. The Bertz CT molecular complexity index is 350. The number of hydrogen-bond donors (Lipinski definition) is 2. The molecule has 1 unspecified atom stereocenters. The van der Waals surface area contributed by atoms with Crippen LogP contribution in [0.25, 0.3) is 0 Å². The SMILES string of the molecule is NC(O)OC1=CC(C2CCCCC2)=CC=CCC1. The molecular weight excluding hydrogens is 226 g/mol. The van der Waals surface area contributed by atoms with Crippen LogP contribution >= 0.6 is 0 Å². The van der Waals surface area contributed by atoms with Crippen molar-refractivity contribution in [1.82, 2.24) is 0 Å². The summed E-state index contributed by atoms with van der Waals surface area (Å²) in [6.07, 6.45) is 15.5. The van der Waals surface area contributed by atoms with Gasteiger partial charge in [0.1, 0.15) is 5.76 Å². The normalized spacial score (nSPS) is 23.7. The smallest absolute Gasteiger partial charge is 0.254 e. The van der Waals surface area contributed by atoms with E-state index in [0.29, 0.717) is 5.92 Å². The van der Waals surface area contributed by atoms with Crippen LogP contribution in [0, 0.1) is 5.92 Å². The summed E-state index contributed by atoms with van der Waals surface area (Å²) in [5.74, 6) is 1.43. The van der Waals surface area contributed by atoms with E-state index in [0.717, 1.165) is 18.6 Å². The van der Waals surface area contributed by atoms with Crippen molar-refractivity contribution in [3.8, 4) is 0 Å². The summed E-state index contributed by atoms with van der Waals surface area (Å²) < 4.78 is 5.27. The van der Waals surface area contributed by atoms with Crippen molar-refractivity contribution in [3.63, 3.8) is 0 Å². The Labute approximate surface area is 109 Å². The van der Waals surface area contributed by atoms with E-state index in [-0.39, 0.29) is 0 Å². The van der Waals surface area contributed by atoms with E-state index in [1.165, 1.54) is 37.7 Å². The Morgan fingerprint density at radius 3 is 2.78 bits per heavy atom. The first-order valence-corrected chi connectivity index (χ1v) is 6.93. The number of hydrogen-bond acceptors (Lipinski definition) is 3. The number of aliphatic hydroxyl groups excluding tert-OH is 1. The average molecular weight is 249 g/mol. The van der Waals surface area contributed by atoms with Gasteiger partial charge in [-0.2, -0.15) is 0 Å². The molecule has 0 radical (unpaired) electrons. The second kappa shape index (κ2) is 6.76. The summed E-state index contributed by atoms with van der Waals surface area (Å²) >= 11 is 0. The van der Waals surface area contributed by atoms with Crippen LogP contribution in [0.2, 0.25) is 0 Å². The summed E-state index contributed by atoms with van der Waals surface area (Å²) in [7, 11) is 0. The highest BCUT2D eigenvalue weighted by atomic mass is 16.6. The van der Waals surface area contributed by atoms with Gasteiger partial charge in [0.05, 0.1) is 0 Å². The van der Waals surface area contributed by atoms with Gasteiger partial charge in [0, 0.05) is 6.42 Å². The van der Waals surface area contributed by atoms with Gasteiger partial charge in [-0.1, -0.05) is 37.5 Å². The van der Waals surface area contributed by atoms with Gasteiger partial charge in [-0.15, -0.1) is 0 Å². The van der Waals surface area contributed by atoms with Crippen molar-refractivity contribution in [1.29, 1.82) is 0 Å². The lowest BCUT2D eigenvalue weighted by Gasteiger charge is -2.24. The predicted octanol–water partition coefficient (Wildman–Crippen LogP) is 2.98. The first-order valence-electron chi connectivity index (χ1n) is 6.93. The van der Waals surface area contributed by atoms with E-state index in [1.54, 1.807) is 0 Å². The Morgan fingerprint density at radius 2 is 2.06 bits per heavy atom. The lowest BCUT2D eigenvalue weighted by molar-refractivity contribution is -0.0617. The molecule has 100 valence electrons. The molecule has 0 spiro atoms. The lowest BCUT2D eigenvalue weighted by Crippen LogP contribution is -2.22. The summed E-state index contributed by atoms with van der Waals surface area (Å²) in [5.41, 5.74) is 6.61. The van der Waals surface area contributed by atoms with Gasteiger partial charge in [0.2, 0.25) is 0 Å². The third kappa shape index (κ3) is 4.00. The highest BCUT2D eigenvalue weighted by Gasteiger charge is 2.17. The molecular formula is C15H23NO2. The van der Waals surface area contributed by atoms with Crippen molar-refractivity contribution >= 4 is 0 Å². The van der Waals surface area contributed by atoms with E-state index in [1.807, 2.05) is 0 Å². The maximum atomic E-state index is 9.14. The lowest BCUT2D eigenvalue weighted by atomic mass is 9.83. The maximum Gasteiger partial charge on any atom is 0.254 e. The van der Waals surface area contributed by atoms with Crippen molar-refractivity contribution in [3.05, 3.63) is 35.6 Å². The molecule has 3 nitrogen and oxygen atoms in total.